The second kappa shape index (κ2) is 8.63. The molecule has 0 aliphatic carbocycles. The third kappa shape index (κ3) is 5.96. The van der Waals surface area contributed by atoms with Gasteiger partial charge in [0.1, 0.15) is 12.4 Å². The van der Waals surface area contributed by atoms with E-state index >= 15 is 0 Å². The van der Waals surface area contributed by atoms with Gasteiger partial charge in [-0.1, -0.05) is 24.8 Å². The quantitative estimate of drug-likeness (QED) is 0.602. The van der Waals surface area contributed by atoms with Crippen molar-refractivity contribution in [3.05, 3.63) is 29.8 Å². The van der Waals surface area contributed by atoms with E-state index < -0.39 is 0 Å². The first-order chi connectivity index (χ1) is 8.36. The third-order valence-corrected chi connectivity index (χ3v) is 2.01. The molecule has 1 aromatic rings. The Hall–Kier alpha value is -1.50. The van der Waals surface area contributed by atoms with Gasteiger partial charge in [-0.05, 0) is 24.6 Å². The van der Waals surface area contributed by atoms with Crippen molar-refractivity contribution in [1.29, 1.82) is 0 Å². The second-order valence-electron chi connectivity index (χ2n) is 3.49. The van der Waals surface area contributed by atoms with Crippen LogP contribution >= 0.6 is 0 Å². The topological polar surface area (TPSA) is 44.5 Å². The smallest absolute Gasteiger partial charge is 0.120 e. The van der Waals surface area contributed by atoms with Crippen LogP contribution in [0.15, 0.2) is 24.3 Å². The molecule has 0 bridgehead atoms. The van der Waals surface area contributed by atoms with E-state index in [0.717, 1.165) is 24.3 Å². The molecule has 1 rings (SSSR count). The van der Waals surface area contributed by atoms with Crippen molar-refractivity contribution >= 4 is 0 Å². The van der Waals surface area contributed by atoms with Crippen LogP contribution in [0, 0.1) is 11.8 Å². The van der Waals surface area contributed by atoms with Gasteiger partial charge >= 0.3 is 0 Å². The largest absolute Gasteiger partial charge is 0.491 e. The number of ether oxygens (including phenoxy) is 2. The number of hydrogen-bond donors (Lipinski definition) is 1. The van der Waals surface area contributed by atoms with Crippen molar-refractivity contribution in [2.75, 3.05) is 26.4 Å². The summed E-state index contributed by atoms with van der Waals surface area (Å²) in [6.07, 6.45) is 1.03. The van der Waals surface area contributed by atoms with Crippen LogP contribution in [0.4, 0.5) is 0 Å². The highest BCUT2D eigenvalue weighted by Gasteiger charge is 1.94. The molecule has 0 unspecified atom stereocenters. The SMILES string of the molecule is CCCOCCOc1cccc(C#CCN)c1. The molecule has 0 spiro atoms. The Morgan fingerprint density at radius 2 is 2.12 bits per heavy atom. The van der Waals surface area contributed by atoms with Gasteiger partial charge in [-0.3, -0.25) is 0 Å². The summed E-state index contributed by atoms with van der Waals surface area (Å²) in [5.74, 6) is 6.60. The molecule has 0 fully saturated rings. The number of hydrogen-bond acceptors (Lipinski definition) is 3. The highest BCUT2D eigenvalue weighted by atomic mass is 16.5. The summed E-state index contributed by atoms with van der Waals surface area (Å²) in [6.45, 7) is 4.42. The van der Waals surface area contributed by atoms with Crippen molar-refractivity contribution in [2.45, 2.75) is 13.3 Å². The van der Waals surface area contributed by atoms with Crippen LogP contribution in [0.3, 0.4) is 0 Å². The first-order valence-electron chi connectivity index (χ1n) is 5.86. The van der Waals surface area contributed by atoms with E-state index in [1.54, 1.807) is 0 Å². The average Bonchev–Trinajstić information content (AvgIpc) is 2.37. The van der Waals surface area contributed by atoms with E-state index in [-0.39, 0.29) is 0 Å². The fourth-order valence-electron chi connectivity index (χ4n) is 1.28. The zero-order valence-corrected chi connectivity index (χ0v) is 10.2. The lowest BCUT2D eigenvalue weighted by molar-refractivity contribution is 0.101. The summed E-state index contributed by atoms with van der Waals surface area (Å²) in [5.41, 5.74) is 6.24. The van der Waals surface area contributed by atoms with Gasteiger partial charge in [0, 0.05) is 12.2 Å². The molecule has 2 N–H and O–H groups in total. The van der Waals surface area contributed by atoms with Crippen LogP contribution in [-0.4, -0.2) is 26.4 Å². The summed E-state index contributed by atoms with van der Waals surface area (Å²) in [5, 5.41) is 0. The Balaban J connectivity index is 2.38. The van der Waals surface area contributed by atoms with E-state index in [1.165, 1.54) is 0 Å². The lowest BCUT2D eigenvalue weighted by Gasteiger charge is -2.06. The van der Waals surface area contributed by atoms with Gasteiger partial charge in [-0.15, -0.1) is 0 Å². The minimum atomic E-state index is 0.371. The molecular formula is C14H19NO2. The van der Waals surface area contributed by atoms with Crippen LogP contribution in [0.2, 0.25) is 0 Å². The zero-order chi connectivity index (χ0) is 12.3. The number of benzene rings is 1. The molecular weight excluding hydrogens is 214 g/mol. The lowest BCUT2D eigenvalue weighted by Crippen LogP contribution is -2.07. The van der Waals surface area contributed by atoms with Crippen LogP contribution < -0.4 is 10.5 Å². The van der Waals surface area contributed by atoms with Crippen molar-refractivity contribution in [3.8, 4) is 17.6 Å². The Morgan fingerprint density at radius 3 is 2.88 bits per heavy atom. The summed E-state index contributed by atoms with van der Waals surface area (Å²) in [4.78, 5) is 0. The molecule has 0 saturated carbocycles. The predicted octanol–water partition coefficient (Wildman–Crippen LogP) is 1.80. The summed E-state index contributed by atoms with van der Waals surface area (Å²) in [7, 11) is 0. The predicted molar refractivity (Wildman–Crippen MR) is 69.0 cm³/mol. The molecule has 3 heteroatoms. The molecule has 1 aromatic carbocycles. The van der Waals surface area contributed by atoms with Gasteiger partial charge in [0.05, 0.1) is 13.2 Å². The van der Waals surface area contributed by atoms with Gasteiger partial charge < -0.3 is 15.2 Å². The highest BCUT2D eigenvalue weighted by Crippen LogP contribution is 2.12. The number of nitrogens with two attached hydrogens (primary N) is 1. The van der Waals surface area contributed by atoms with E-state index in [1.807, 2.05) is 24.3 Å². The molecule has 0 aliphatic rings. The molecule has 17 heavy (non-hydrogen) atoms. The van der Waals surface area contributed by atoms with Crippen LogP contribution in [0.25, 0.3) is 0 Å². The molecule has 0 aromatic heterocycles. The zero-order valence-electron chi connectivity index (χ0n) is 10.2. The van der Waals surface area contributed by atoms with Crippen molar-refractivity contribution < 1.29 is 9.47 Å². The van der Waals surface area contributed by atoms with Crippen LogP contribution in [0.1, 0.15) is 18.9 Å². The minimum Gasteiger partial charge on any atom is -0.491 e. The van der Waals surface area contributed by atoms with E-state index in [0.29, 0.717) is 19.8 Å². The fourth-order valence-corrected chi connectivity index (χ4v) is 1.28. The molecule has 0 saturated heterocycles. The fraction of sp³-hybridized carbons (Fsp3) is 0.429. The molecule has 0 heterocycles. The monoisotopic (exact) mass is 233 g/mol. The van der Waals surface area contributed by atoms with Crippen molar-refractivity contribution in [3.63, 3.8) is 0 Å². The Kier molecular flexibility index (Phi) is 6.89. The van der Waals surface area contributed by atoms with Gasteiger partial charge in [-0.25, -0.2) is 0 Å². The summed E-state index contributed by atoms with van der Waals surface area (Å²) < 4.78 is 10.9. The van der Waals surface area contributed by atoms with Gasteiger partial charge in [0.25, 0.3) is 0 Å². The minimum absolute atomic E-state index is 0.371. The summed E-state index contributed by atoms with van der Waals surface area (Å²) in [6, 6.07) is 7.67. The maximum Gasteiger partial charge on any atom is 0.120 e. The van der Waals surface area contributed by atoms with E-state index in [9.17, 15) is 0 Å². The average molecular weight is 233 g/mol. The van der Waals surface area contributed by atoms with E-state index in [4.69, 9.17) is 15.2 Å². The molecule has 0 radical (unpaired) electrons. The highest BCUT2D eigenvalue weighted by molar-refractivity contribution is 5.39. The van der Waals surface area contributed by atoms with Crippen molar-refractivity contribution in [1.82, 2.24) is 0 Å². The van der Waals surface area contributed by atoms with Crippen LogP contribution in [-0.2, 0) is 4.74 Å². The molecule has 3 nitrogen and oxygen atoms in total. The molecule has 92 valence electrons. The maximum atomic E-state index is 5.55. The first-order valence-corrected chi connectivity index (χ1v) is 5.86. The molecule has 0 aliphatic heterocycles. The Labute approximate surface area is 103 Å². The number of rotatable bonds is 6. The normalized spacial score (nSPS) is 9.53. The van der Waals surface area contributed by atoms with Gasteiger partial charge in [0.15, 0.2) is 0 Å². The first kappa shape index (κ1) is 13.6. The Bertz CT molecular complexity index is 379. The second-order valence-corrected chi connectivity index (χ2v) is 3.49. The van der Waals surface area contributed by atoms with Crippen molar-refractivity contribution in [2.24, 2.45) is 5.73 Å². The Morgan fingerprint density at radius 1 is 1.24 bits per heavy atom. The van der Waals surface area contributed by atoms with Gasteiger partial charge in [-0.2, -0.15) is 0 Å². The maximum absolute atomic E-state index is 5.55. The third-order valence-electron chi connectivity index (χ3n) is 2.01. The summed E-state index contributed by atoms with van der Waals surface area (Å²) >= 11 is 0. The standard InChI is InChI=1S/C14H19NO2/c1-2-9-16-10-11-17-14-7-3-5-13(12-14)6-4-8-15/h3,5,7,12H,2,8-11,15H2,1H3. The molecule has 0 atom stereocenters. The van der Waals surface area contributed by atoms with E-state index in [2.05, 4.69) is 18.8 Å². The van der Waals surface area contributed by atoms with Gasteiger partial charge in [0.2, 0.25) is 0 Å². The van der Waals surface area contributed by atoms with Crippen LogP contribution in [0.5, 0.6) is 5.75 Å². The molecule has 0 amide bonds. The lowest BCUT2D eigenvalue weighted by atomic mass is 10.2.